The third-order valence-electron chi connectivity index (χ3n) is 1.17. The van der Waals surface area contributed by atoms with Gasteiger partial charge >= 0.3 is 13.9 Å². The number of carbonyl (C=O) groups excluding carboxylic acids is 1. The first-order chi connectivity index (χ1) is 9.06. The topological polar surface area (TPSA) is 163 Å². The molecule has 5 N–H and O–H groups in total. The van der Waals surface area contributed by atoms with Crippen LogP contribution in [-0.2, 0) is 9.36 Å². The maximum Gasteiger partial charge on any atom is 0.466 e. The third kappa shape index (κ3) is 25.0. The Bertz CT molecular complexity index is 384. The molecule has 0 aromatic carbocycles. The third-order valence-corrected chi connectivity index (χ3v) is 1.17. The van der Waals surface area contributed by atoms with Crippen molar-refractivity contribution in [3.05, 3.63) is 12.4 Å². The lowest BCUT2D eigenvalue weighted by Gasteiger charge is -2.17. The molecule has 0 bridgehead atoms. The minimum Gasteiger partial charge on any atom is -0.464 e. The molecule has 116 valence electrons. The smallest absolute Gasteiger partial charge is 0.464 e. The van der Waals surface area contributed by atoms with Crippen molar-refractivity contribution in [2.45, 2.75) is 0 Å². The van der Waals surface area contributed by atoms with Gasteiger partial charge in [0.2, 0.25) is 6.41 Å². The van der Waals surface area contributed by atoms with E-state index in [0.717, 1.165) is 6.41 Å². The zero-order chi connectivity index (χ0) is 16.2. The normalized spacial score (nSPS) is 12.3. The number of nitrogens with zero attached hydrogens (tertiary/aromatic N) is 3. The van der Waals surface area contributed by atoms with Gasteiger partial charge in [-0.3, -0.25) is 14.8 Å². The van der Waals surface area contributed by atoms with Crippen LogP contribution in [0, 0.1) is 0 Å². The molecule has 0 aliphatic carbocycles. The highest BCUT2D eigenvalue weighted by molar-refractivity contribution is 7.45. The van der Waals surface area contributed by atoms with E-state index in [2.05, 4.69) is 10.4 Å². The predicted octanol–water partition coefficient (Wildman–Crippen LogP) is -1.20. The summed E-state index contributed by atoms with van der Waals surface area (Å²) in [5.41, 5.74) is 2.15. The molecule has 0 aromatic rings. The van der Waals surface area contributed by atoms with Gasteiger partial charge in [0.15, 0.2) is 0 Å². The molecular formula is C8H17N4O7P. The van der Waals surface area contributed by atoms with Gasteiger partial charge in [0.05, 0.1) is 6.54 Å². The molecule has 1 aliphatic heterocycles. The zero-order valence-corrected chi connectivity index (χ0v) is 11.7. The first-order valence-corrected chi connectivity index (χ1v) is 6.47. The number of nitrogens with one attached hydrogen (secondary N) is 1. The number of aliphatic imine (C=N–C) groups is 1. The zero-order valence-electron chi connectivity index (χ0n) is 10.8. The van der Waals surface area contributed by atoms with Crippen molar-refractivity contribution in [3.63, 3.8) is 0 Å². The molecule has 2 amide bonds. The first-order valence-electron chi connectivity index (χ1n) is 4.90. The van der Waals surface area contributed by atoms with E-state index in [9.17, 15) is 9.59 Å². The summed E-state index contributed by atoms with van der Waals surface area (Å²) in [6, 6.07) is 0. The van der Waals surface area contributed by atoms with Gasteiger partial charge in [-0.15, -0.1) is 0 Å². The first kappa shape index (κ1) is 20.4. The van der Waals surface area contributed by atoms with Crippen LogP contribution in [0.2, 0.25) is 0 Å². The average molecular weight is 312 g/mol. The Morgan fingerprint density at radius 2 is 1.90 bits per heavy atom. The molecule has 11 nitrogen and oxygen atoms in total. The Morgan fingerprint density at radius 3 is 2.15 bits per heavy atom. The SMILES string of the molecule is CN(C)C=O.O=C(O)NN1C=CN=CC1.O=P(O)(O)O. The Kier molecular flexibility index (Phi) is 11.1. The van der Waals surface area contributed by atoms with Crippen LogP contribution >= 0.6 is 7.82 Å². The molecule has 1 aliphatic rings. The van der Waals surface area contributed by atoms with Gasteiger partial charge in [-0.25, -0.2) is 14.8 Å². The number of hydrogen-bond donors (Lipinski definition) is 5. The molecule has 0 radical (unpaired) electrons. The lowest BCUT2D eigenvalue weighted by molar-refractivity contribution is -0.115. The second-order valence-electron chi connectivity index (χ2n) is 3.28. The van der Waals surface area contributed by atoms with Gasteiger partial charge in [-0.1, -0.05) is 0 Å². The highest BCUT2D eigenvalue weighted by atomic mass is 31.2. The largest absolute Gasteiger partial charge is 0.466 e. The van der Waals surface area contributed by atoms with Crippen LogP contribution in [0.4, 0.5) is 4.79 Å². The molecular weight excluding hydrogens is 295 g/mol. The summed E-state index contributed by atoms with van der Waals surface area (Å²) >= 11 is 0. The van der Waals surface area contributed by atoms with E-state index in [1.54, 1.807) is 26.5 Å². The number of amides is 2. The summed E-state index contributed by atoms with van der Waals surface area (Å²) in [6.45, 7) is 0.475. The van der Waals surface area contributed by atoms with Crippen molar-refractivity contribution in [2.24, 2.45) is 4.99 Å². The van der Waals surface area contributed by atoms with E-state index in [1.807, 2.05) is 0 Å². The second kappa shape index (κ2) is 10.9. The summed E-state index contributed by atoms with van der Waals surface area (Å²) in [4.78, 5) is 46.2. The Balaban J connectivity index is 0. The monoisotopic (exact) mass is 312 g/mol. The number of carboxylic acid groups (broad SMARTS) is 1. The van der Waals surface area contributed by atoms with E-state index in [1.165, 1.54) is 16.1 Å². The Labute approximate surface area is 115 Å². The standard InChI is InChI=1S/C5H7N3O2.C3H7NO.H3O4P/c9-5(10)7-8-3-1-6-2-4-8;1-4(2)3-5;1-5(2,3)4/h1-3,7H,4H2,(H,9,10);3H,1-2H3;(H3,1,2,3,4). The molecule has 0 aromatic heterocycles. The van der Waals surface area contributed by atoms with E-state index < -0.39 is 13.9 Å². The summed E-state index contributed by atoms with van der Waals surface area (Å²) in [6.07, 6.45) is 4.35. The van der Waals surface area contributed by atoms with Gasteiger partial charge in [0.25, 0.3) is 0 Å². The molecule has 1 heterocycles. The molecule has 0 saturated heterocycles. The van der Waals surface area contributed by atoms with E-state index in [0.29, 0.717) is 6.54 Å². The molecule has 0 saturated carbocycles. The number of phosphoric acid groups is 1. The van der Waals surface area contributed by atoms with Crippen molar-refractivity contribution >= 4 is 26.5 Å². The molecule has 1 rings (SSSR count). The molecule has 12 heteroatoms. The number of hydrazine groups is 1. The quantitative estimate of drug-likeness (QED) is 0.313. The van der Waals surface area contributed by atoms with Crippen LogP contribution in [-0.4, -0.2) is 69.1 Å². The fourth-order valence-corrected chi connectivity index (χ4v) is 0.582. The van der Waals surface area contributed by atoms with Gasteiger partial charge in [0.1, 0.15) is 0 Å². The van der Waals surface area contributed by atoms with Crippen molar-refractivity contribution < 1.29 is 33.9 Å². The fourth-order valence-electron chi connectivity index (χ4n) is 0.582. The van der Waals surface area contributed by atoms with Gasteiger partial charge in [-0.2, -0.15) is 0 Å². The second-order valence-corrected chi connectivity index (χ2v) is 4.31. The Morgan fingerprint density at radius 1 is 1.45 bits per heavy atom. The van der Waals surface area contributed by atoms with Crippen LogP contribution < -0.4 is 5.43 Å². The van der Waals surface area contributed by atoms with Gasteiger partial charge < -0.3 is 24.7 Å². The van der Waals surface area contributed by atoms with Crippen LogP contribution in [0.25, 0.3) is 0 Å². The highest BCUT2D eigenvalue weighted by Gasteiger charge is 2.01. The number of rotatable bonds is 2. The number of hydrogen-bond acceptors (Lipinski definition) is 5. The lowest BCUT2D eigenvalue weighted by Crippen LogP contribution is -2.39. The fraction of sp³-hybridized carbons (Fsp3) is 0.375. The summed E-state index contributed by atoms with van der Waals surface area (Å²) in [5.74, 6) is 0. The van der Waals surface area contributed by atoms with Crippen LogP contribution in [0.15, 0.2) is 17.4 Å². The lowest BCUT2D eigenvalue weighted by atomic mass is 10.6. The minimum atomic E-state index is -4.64. The van der Waals surface area contributed by atoms with Gasteiger partial charge in [-0.05, 0) is 0 Å². The maximum atomic E-state index is 10.0. The predicted molar refractivity (Wildman–Crippen MR) is 69.5 cm³/mol. The van der Waals surface area contributed by atoms with Crippen LogP contribution in [0.3, 0.4) is 0 Å². The van der Waals surface area contributed by atoms with Crippen LogP contribution in [0.5, 0.6) is 0 Å². The minimum absolute atomic E-state index is 0.475. The van der Waals surface area contributed by atoms with Gasteiger partial charge in [0, 0.05) is 32.7 Å². The summed E-state index contributed by atoms with van der Waals surface area (Å²) in [7, 11) is -1.26. The van der Waals surface area contributed by atoms with Crippen molar-refractivity contribution in [1.82, 2.24) is 15.3 Å². The summed E-state index contributed by atoms with van der Waals surface area (Å²) < 4.78 is 8.88. The van der Waals surface area contributed by atoms with E-state index >= 15 is 0 Å². The molecule has 0 atom stereocenters. The van der Waals surface area contributed by atoms with Crippen molar-refractivity contribution in [1.29, 1.82) is 0 Å². The van der Waals surface area contributed by atoms with Crippen molar-refractivity contribution in [2.75, 3.05) is 20.6 Å². The molecule has 0 unspecified atom stereocenters. The summed E-state index contributed by atoms with van der Waals surface area (Å²) in [5, 5.41) is 9.65. The highest BCUT2D eigenvalue weighted by Crippen LogP contribution is 2.25. The average Bonchev–Trinajstić information content (AvgIpc) is 2.28. The van der Waals surface area contributed by atoms with Crippen LogP contribution in [0.1, 0.15) is 0 Å². The van der Waals surface area contributed by atoms with Crippen molar-refractivity contribution in [3.8, 4) is 0 Å². The maximum absolute atomic E-state index is 10.0. The molecule has 20 heavy (non-hydrogen) atoms. The number of carbonyl (C=O) groups is 2. The van der Waals surface area contributed by atoms with E-state index in [-0.39, 0.29) is 0 Å². The molecule has 0 spiro atoms. The molecule has 0 fully saturated rings. The Hall–Kier alpha value is -1.94. The van der Waals surface area contributed by atoms with E-state index in [4.69, 9.17) is 24.4 Å².